The summed E-state index contributed by atoms with van der Waals surface area (Å²) in [6.45, 7) is 7.72. The number of nitrogens with zero attached hydrogens (tertiary/aromatic N) is 3. The molecule has 0 atom stereocenters. The quantitative estimate of drug-likeness (QED) is 0.476. The van der Waals surface area contributed by atoms with Gasteiger partial charge in [0.25, 0.3) is 5.91 Å². The van der Waals surface area contributed by atoms with Crippen molar-refractivity contribution in [3.8, 4) is 23.1 Å². The summed E-state index contributed by atoms with van der Waals surface area (Å²) in [6, 6.07) is 2.24. The van der Waals surface area contributed by atoms with Crippen molar-refractivity contribution in [1.82, 2.24) is 14.9 Å². The molecule has 0 unspecified atom stereocenters. The summed E-state index contributed by atoms with van der Waals surface area (Å²) >= 11 is 0. The minimum absolute atomic E-state index is 0.103. The number of hydrogen-bond acceptors (Lipinski definition) is 6. The second kappa shape index (κ2) is 10.9. The number of piperidine rings is 1. The summed E-state index contributed by atoms with van der Waals surface area (Å²) in [7, 11) is 0. The molecular weight excluding hydrogens is 476 g/mol. The lowest BCUT2D eigenvalue weighted by molar-refractivity contribution is -0.136. The zero-order valence-electron chi connectivity index (χ0n) is 20.7. The van der Waals surface area contributed by atoms with E-state index in [1.807, 2.05) is 6.92 Å². The maximum Gasteiger partial charge on any atom is 0.259 e. The number of hydrogen-bond donors (Lipinski definition) is 2. The van der Waals surface area contributed by atoms with Crippen molar-refractivity contribution < 1.29 is 18.3 Å². The third kappa shape index (κ3) is 5.54. The number of carbonyl (C=O) groups excluding carboxylic acids is 1. The van der Waals surface area contributed by atoms with Gasteiger partial charge in [0.15, 0.2) is 0 Å². The van der Waals surface area contributed by atoms with Crippen LogP contribution in [0.4, 0.5) is 8.78 Å². The van der Waals surface area contributed by atoms with Crippen LogP contribution in [0.5, 0.6) is 0 Å². The van der Waals surface area contributed by atoms with E-state index in [9.17, 15) is 4.79 Å². The van der Waals surface area contributed by atoms with Crippen molar-refractivity contribution in [2.24, 2.45) is 16.9 Å². The van der Waals surface area contributed by atoms with E-state index in [-0.39, 0.29) is 16.7 Å². The number of benzene rings is 1. The maximum absolute atomic E-state index is 15.2. The predicted octanol–water partition coefficient (Wildman–Crippen LogP) is 3.46. The minimum atomic E-state index is -0.949. The second-order valence-corrected chi connectivity index (χ2v) is 9.28. The number of aryl methyl sites for hydroxylation is 1. The summed E-state index contributed by atoms with van der Waals surface area (Å²) < 4.78 is 35.8. The van der Waals surface area contributed by atoms with Gasteiger partial charge in [0, 0.05) is 41.5 Å². The van der Waals surface area contributed by atoms with Gasteiger partial charge in [-0.25, -0.2) is 18.7 Å². The highest BCUT2D eigenvalue weighted by atomic mass is 19.1. The Morgan fingerprint density at radius 2 is 1.89 bits per heavy atom. The molecule has 1 aromatic carbocycles. The molecule has 4 rings (SSSR count). The first-order valence-corrected chi connectivity index (χ1v) is 12.0. The Kier molecular flexibility index (Phi) is 7.69. The number of nitrogens with two attached hydrogens (primary N) is 2. The highest BCUT2D eigenvalue weighted by Crippen LogP contribution is 2.39. The van der Waals surface area contributed by atoms with Crippen LogP contribution in [0.3, 0.4) is 0 Å². The van der Waals surface area contributed by atoms with Crippen LogP contribution >= 0.6 is 0 Å². The lowest BCUT2D eigenvalue weighted by Crippen LogP contribution is -2.52. The average molecular weight is 506 g/mol. The van der Waals surface area contributed by atoms with Gasteiger partial charge in [-0.15, -0.1) is 0 Å². The molecular formula is C28H29F2N5O2. The van der Waals surface area contributed by atoms with E-state index in [1.54, 1.807) is 12.2 Å². The Morgan fingerprint density at radius 1 is 1.22 bits per heavy atom. The summed E-state index contributed by atoms with van der Waals surface area (Å²) in [5.74, 6) is 3.34. The number of carbonyl (C=O) groups is 1. The first-order chi connectivity index (χ1) is 17.8. The molecule has 2 saturated heterocycles. The van der Waals surface area contributed by atoms with Crippen molar-refractivity contribution in [2.45, 2.75) is 26.2 Å². The molecule has 2 fully saturated rings. The summed E-state index contributed by atoms with van der Waals surface area (Å²) in [5.41, 5.74) is 13.0. The zero-order valence-corrected chi connectivity index (χ0v) is 20.7. The number of amides is 1. The van der Waals surface area contributed by atoms with Gasteiger partial charge in [-0.05, 0) is 43.5 Å². The number of aromatic nitrogens is 2. The minimum Gasteiger partial charge on any atom is -0.404 e. The highest BCUT2D eigenvalue weighted by Gasteiger charge is 2.42. The van der Waals surface area contributed by atoms with E-state index in [4.69, 9.17) is 16.2 Å². The van der Waals surface area contributed by atoms with Crippen LogP contribution in [0.25, 0.3) is 11.3 Å². The maximum atomic E-state index is 15.2. The molecule has 2 aromatic rings. The smallest absolute Gasteiger partial charge is 0.259 e. The van der Waals surface area contributed by atoms with Gasteiger partial charge >= 0.3 is 0 Å². The van der Waals surface area contributed by atoms with E-state index in [2.05, 4.69) is 28.4 Å². The Labute approximate surface area is 214 Å². The van der Waals surface area contributed by atoms with E-state index in [0.29, 0.717) is 55.3 Å². The van der Waals surface area contributed by atoms with Crippen LogP contribution < -0.4 is 11.5 Å². The van der Waals surface area contributed by atoms with Gasteiger partial charge in [0.1, 0.15) is 23.5 Å². The molecule has 2 aliphatic rings. The number of halogens is 2. The molecule has 7 nitrogen and oxygen atoms in total. The average Bonchev–Trinajstić information content (AvgIpc) is 2.87. The normalized spacial score (nSPS) is 16.8. The van der Waals surface area contributed by atoms with Crippen LogP contribution in [0.15, 0.2) is 54.7 Å². The fourth-order valence-corrected chi connectivity index (χ4v) is 4.45. The lowest BCUT2D eigenvalue weighted by Gasteiger charge is -2.47. The molecule has 192 valence electrons. The molecule has 3 heterocycles. The Bertz CT molecular complexity index is 1320. The van der Waals surface area contributed by atoms with Crippen molar-refractivity contribution >= 4 is 5.91 Å². The first kappa shape index (κ1) is 26.0. The van der Waals surface area contributed by atoms with Crippen LogP contribution in [0.2, 0.25) is 0 Å². The Hall–Kier alpha value is -4.03. The van der Waals surface area contributed by atoms with Crippen molar-refractivity contribution in [1.29, 1.82) is 0 Å². The molecule has 37 heavy (non-hydrogen) atoms. The summed E-state index contributed by atoms with van der Waals surface area (Å²) in [4.78, 5) is 23.0. The Morgan fingerprint density at radius 3 is 2.43 bits per heavy atom. The van der Waals surface area contributed by atoms with E-state index >= 15 is 8.78 Å². The SMILES string of the molecule is C=C(N)/C=C\C(C#Cc1c(CC)ncnc1-c1cc(F)c(C(=O)N2CCC3(CC2)COC3)c(F)c1)=C/N. The fraction of sp³-hybridized carbons (Fsp3) is 0.321. The molecule has 0 radical (unpaired) electrons. The first-order valence-electron chi connectivity index (χ1n) is 12.0. The van der Waals surface area contributed by atoms with E-state index in [0.717, 1.165) is 25.0 Å². The molecule has 0 aliphatic carbocycles. The van der Waals surface area contributed by atoms with Crippen LogP contribution in [0, 0.1) is 28.9 Å². The van der Waals surface area contributed by atoms with Crippen LogP contribution in [0.1, 0.15) is 41.4 Å². The third-order valence-corrected chi connectivity index (χ3v) is 6.71. The molecule has 0 bridgehead atoms. The van der Waals surface area contributed by atoms with Gasteiger partial charge in [0.05, 0.1) is 30.2 Å². The number of allylic oxidation sites excluding steroid dienone is 3. The van der Waals surface area contributed by atoms with Gasteiger partial charge in [-0.3, -0.25) is 4.79 Å². The fourth-order valence-electron chi connectivity index (χ4n) is 4.45. The van der Waals surface area contributed by atoms with Gasteiger partial charge in [-0.1, -0.05) is 25.3 Å². The summed E-state index contributed by atoms with van der Waals surface area (Å²) in [6.07, 6.45) is 7.82. The number of ether oxygens (including phenoxy) is 1. The summed E-state index contributed by atoms with van der Waals surface area (Å²) in [5, 5.41) is 0. The Balaban J connectivity index is 1.66. The third-order valence-electron chi connectivity index (χ3n) is 6.71. The monoisotopic (exact) mass is 505 g/mol. The molecule has 0 saturated carbocycles. The molecule has 1 aromatic heterocycles. The lowest BCUT2D eigenvalue weighted by atomic mass is 9.77. The second-order valence-electron chi connectivity index (χ2n) is 9.28. The van der Waals surface area contributed by atoms with Crippen molar-refractivity contribution in [3.05, 3.63) is 83.1 Å². The number of likely N-dealkylation sites (tertiary alicyclic amines) is 1. The van der Waals surface area contributed by atoms with Crippen molar-refractivity contribution in [3.63, 3.8) is 0 Å². The molecule has 9 heteroatoms. The molecule has 4 N–H and O–H groups in total. The topological polar surface area (TPSA) is 107 Å². The standard InChI is InChI=1S/C28H29F2N5O2/c1-3-24-21(7-6-19(14-31)5-4-18(2)32)26(34-17-33-24)20-12-22(29)25(23(30)13-20)27(36)35-10-8-28(9-11-35)15-37-16-28/h4-5,12-14,17H,2-3,8-11,15-16,31-32H2,1H3/b5-4-,19-14+. The van der Waals surface area contributed by atoms with Crippen molar-refractivity contribution in [2.75, 3.05) is 26.3 Å². The predicted molar refractivity (Wildman–Crippen MR) is 137 cm³/mol. The van der Waals surface area contributed by atoms with E-state index in [1.165, 1.54) is 17.4 Å². The molecule has 2 aliphatic heterocycles. The van der Waals surface area contributed by atoms with Gasteiger partial charge < -0.3 is 21.1 Å². The van der Waals surface area contributed by atoms with Crippen LogP contribution in [-0.2, 0) is 11.2 Å². The van der Waals surface area contributed by atoms with Crippen LogP contribution in [-0.4, -0.2) is 47.1 Å². The highest BCUT2D eigenvalue weighted by molar-refractivity contribution is 5.95. The zero-order chi connectivity index (χ0) is 26.6. The van der Waals surface area contributed by atoms with E-state index < -0.39 is 23.1 Å². The molecule has 1 amide bonds. The largest absolute Gasteiger partial charge is 0.404 e. The van der Waals surface area contributed by atoms with Gasteiger partial charge in [-0.2, -0.15) is 0 Å². The van der Waals surface area contributed by atoms with Gasteiger partial charge in [0.2, 0.25) is 0 Å². The molecule has 1 spiro atoms. The number of rotatable bonds is 5.